The summed E-state index contributed by atoms with van der Waals surface area (Å²) in [4.78, 5) is 17.5. The fourth-order valence-electron chi connectivity index (χ4n) is 2.36. The van der Waals surface area contributed by atoms with E-state index in [0.717, 1.165) is 44.5 Å². The molecule has 1 atom stereocenters. The summed E-state index contributed by atoms with van der Waals surface area (Å²) in [5.74, 6) is 0.295. The molecule has 0 bridgehead atoms. The molecule has 1 N–H and O–H groups in total. The Morgan fingerprint density at radius 1 is 1.58 bits per heavy atom. The zero-order valence-electron chi connectivity index (χ0n) is 11.2. The monoisotopic (exact) mass is 281 g/mol. The number of halogens is 1. The minimum atomic E-state index is 0.176. The molecule has 104 valence electrons. The van der Waals surface area contributed by atoms with Gasteiger partial charge in [0.25, 0.3) is 0 Å². The van der Waals surface area contributed by atoms with Gasteiger partial charge < -0.3 is 10.2 Å². The molecule has 1 amide bonds. The van der Waals surface area contributed by atoms with Gasteiger partial charge >= 0.3 is 0 Å². The van der Waals surface area contributed by atoms with Crippen LogP contribution in [-0.4, -0.2) is 35.4 Å². The van der Waals surface area contributed by atoms with E-state index in [1.807, 2.05) is 17.0 Å². The van der Waals surface area contributed by atoms with Crippen LogP contribution < -0.4 is 5.32 Å². The van der Waals surface area contributed by atoms with Gasteiger partial charge in [-0.15, -0.1) is 0 Å². The van der Waals surface area contributed by atoms with Gasteiger partial charge in [0.1, 0.15) is 5.15 Å². The molecule has 1 aromatic rings. The summed E-state index contributed by atoms with van der Waals surface area (Å²) < 4.78 is 0. The van der Waals surface area contributed by atoms with Gasteiger partial charge in [0, 0.05) is 37.3 Å². The molecule has 5 heteroatoms. The quantitative estimate of drug-likeness (QED) is 0.643. The molecule has 19 heavy (non-hydrogen) atoms. The molecule has 0 spiro atoms. The van der Waals surface area contributed by atoms with Crippen molar-refractivity contribution in [3.05, 3.63) is 29.0 Å². The van der Waals surface area contributed by atoms with Gasteiger partial charge in [0.15, 0.2) is 0 Å². The van der Waals surface area contributed by atoms with Crippen LogP contribution in [0.2, 0.25) is 5.15 Å². The van der Waals surface area contributed by atoms with E-state index in [-0.39, 0.29) is 6.04 Å². The highest BCUT2D eigenvalue weighted by Gasteiger charge is 2.19. The van der Waals surface area contributed by atoms with Crippen LogP contribution in [0.4, 0.5) is 0 Å². The Morgan fingerprint density at radius 3 is 3.11 bits per heavy atom. The number of nitrogens with zero attached hydrogens (tertiary/aromatic N) is 2. The first-order valence-electron chi connectivity index (χ1n) is 6.80. The van der Waals surface area contributed by atoms with Crippen LogP contribution in [-0.2, 0) is 4.79 Å². The first kappa shape index (κ1) is 14.3. The third-order valence-corrected chi connectivity index (χ3v) is 3.80. The first-order chi connectivity index (χ1) is 9.18. The van der Waals surface area contributed by atoms with Crippen molar-refractivity contribution in [1.82, 2.24) is 15.2 Å². The molecule has 1 saturated heterocycles. The summed E-state index contributed by atoms with van der Waals surface area (Å²) in [6.07, 6.45) is 4.38. The Morgan fingerprint density at radius 2 is 2.42 bits per heavy atom. The van der Waals surface area contributed by atoms with Gasteiger partial charge in [-0.3, -0.25) is 4.79 Å². The van der Waals surface area contributed by atoms with Crippen molar-refractivity contribution in [2.24, 2.45) is 0 Å². The normalized spacial score (nSPS) is 16.9. The molecule has 0 saturated carbocycles. The van der Waals surface area contributed by atoms with Crippen LogP contribution in [0.3, 0.4) is 0 Å². The second kappa shape index (κ2) is 6.87. The van der Waals surface area contributed by atoms with Crippen molar-refractivity contribution in [2.75, 3.05) is 19.6 Å². The highest BCUT2D eigenvalue weighted by atomic mass is 35.5. The van der Waals surface area contributed by atoms with E-state index in [9.17, 15) is 4.79 Å². The number of nitrogens with one attached hydrogen (secondary N) is 1. The molecule has 0 aromatic carbocycles. The number of pyridine rings is 1. The van der Waals surface area contributed by atoms with E-state index in [4.69, 9.17) is 11.6 Å². The number of rotatable bonds is 6. The average molecular weight is 282 g/mol. The standard InChI is InChI=1S/C14H20ClN3O/c1-11(12-5-2-7-17-14(12)15)16-8-4-10-18-9-3-6-13(18)19/h2,5,7,11,16H,3-4,6,8-10H2,1H3/t11-/m0/s1. The number of amides is 1. The lowest BCUT2D eigenvalue weighted by Crippen LogP contribution is -2.29. The number of aromatic nitrogens is 1. The number of likely N-dealkylation sites (tertiary alicyclic amines) is 1. The van der Waals surface area contributed by atoms with Crippen molar-refractivity contribution >= 4 is 17.5 Å². The van der Waals surface area contributed by atoms with Crippen molar-refractivity contribution in [2.45, 2.75) is 32.2 Å². The summed E-state index contributed by atoms with van der Waals surface area (Å²) in [7, 11) is 0. The van der Waals surface area contributed by atoms with Crippen LogP contribution in [0.15, 0.2) is 18.3 Å². The van der Waals surface area contributed by atoms with Gasteiger partial charge in [0.2, 0.25) is 5.91 Å². The molecule has 1 aliphatic heterocycles. The van der Waals surface area contributed by atoms with E-state index in [0.29, 0.717) is 11.1 Å². The van der Waals surface area contributed by atoms with Gasteiger partial charge in [-0.05, 0) is 32.4 Å². The molecule has 1 fully saturated rings. The van der Waals surface area contributed by atoms with Crippen molar-refractivity contribution in [3.8, 4) is 0 Å². The third-order valence-electron chi connectivity index (χ3n) is 3.48. The Hall–Kier alpha value is -1.13. The van der Waals surface area contributed by atoms with Crippen LogP contribution in [0.25, 0.3) is 0 Å². The Labute approximate surface area is 119 Å². The SMILES string of the molecule is C[C@H](NCCCN1CCCC1=O)c1cccnc1Cl. The summed E-state index contributed by atoms with van der Waals surface area (Å²) in [5.41, 5.74) is 1.02. The van der Waals surface area contributed by atoms with Crippen LogP contribution in [0.1, 0.15) is 37.8 Å². The minimum absolute atomic E-state index is 0.176. The van der Waals surface area contributed by atoms with Crippen LogP contribution >= 0.6 is 11.6 Å². The molecule has 2 rings (SSSR count). The summed E-state index contributed by atoms with van der Waals surface area (Å²) in [5, 5.41) is 3.97. The molecule has 0 aliphatic carbocycles. The molecule has 1 aliphatic rings. The smallest absolute Gasteiger partial charge is 0.222 e. The summed E-state index contributed by atoms with van der Waals surface area (Å²) in [6, 6.07) is 4.05. The maximum Gasteiger partial charge on any atom is 0.222 e. The highest BCUT2D eigenvalue weighted by molar-refractivity contribution is 6.30. The van der Waals surface area contributed by atoms with E-state index < -0.39 is 0 Å². The number of hydrogen-bond donors (Lipinski definition) is 1. The van der Waals surface area contributed by atoms with Crippen LogP contribution in [0, 0.1) is 0 Å². The molecular formula is C14H20ClN3O. The van der Waals surface area contributed by atoms with Gasteiger partial charge in [-0.2, -0.15) is 0 Å². The van der Waals surface area contributed by atoms with E-state index >= 15 is 0 Å². The molecule has 1 aromatic heterocycles. The van der Waals surface area contributed by atoms with E-state index in [1.165, 1.54) is 0 Å². The molecular weight excluding hydrogens is 262 g/mol. The zero-order valence-corrected chi connectivity index (χ0v) is 12.0. The first-order valence-corrected chi connectivity index (χ1v) is 7.18. The van der Waals surface area contributed by atoms with Crippen molar-refractivity contribution in [1.29, 1.82) is 0 Å². The molecule has 0 unspecified atom stereocenters. The molecule has 4 nitrogen and oxygen atoms in total. The second-order valence-electron chi connectivity index (χ2n) is 4.90. The summed E-state index contributed by atoms with van der Waals surface area (Å²) in [6.45, 7) is 4.71. The van der Waals surface area contributed by atoms with Gasteiger partial charge in [-0.25, -0.2) is 4.98 Å². The third kappa shape index (κ3) is 3.91. The van der Waals surface area contributed by atoms with Crippen LogP contribution in [0.5, 0.6) is 0 Å². The lowest BCUT2D eigenvalue weighted by molar-refractivity contribution is -0.127. The number of carbonyl (C=O) groups excluding carboxylic acids is 1. The zero-order chi connectivity index (χ0) is 13.7. The number of hydrogen-bond acceptors (Lipinski definition) is 3. The topological polar surface area (TPSA) is 45.2 Å². The van der Waals surface area contributed by atoms with E-state index in [1.54, 1.807) is 6.20 Å². The second-order valence-corrected chi connectivity index (χ2v) is 5.26. The fraction of sp³-hybridized carbons (Fsp3) is 0.571. The van der Waals surface area contributed by atoms with Crippen molar-refractivity contribution in [3.63, 3.8) is 0 Å². The van der Waals surface area contributed by atoms with Gasteiger partial charge in [-0.1, -0.05) is 17.7 Å². The maximum atomic E-state index is 11.4. The number of carbonyl (C=O) groups is 1. The predicted molar refractivity (Wildman–Crippen MR) is 76.1 cm³/mol. The average Bonchev–Trinajstić information content (AvgIpc) is 2.80. The lowest BCUT2D eigenvalue weighted by Gasteiger charge is -2.18. The predicted octanol–water partition coefficient (Wildman–Crippen LogP) is 2.40. The van der Waals surface area contributed by atoms with Gasteiger partial charge in [0.05, 0.1) is 0 Å². The Kier molecular flexibility index (Phi) is 5.16. The van der Waals surface area contributed by atoms with Crippen molar-refractivity contribution < 1.29 is 4.79 Å². The maximum absolute atomic E-state index is 11.4. The largest absolute Gasteiger partial charge is 0.343 e. The Balaban J connectivity index is 1.71. The van der Waals surface area contributed by atoms with E-state index in [2.05, 4.69) is 17.2 Å². The minimum Gasteiger partial charge on any atom is -0.343 e. The fourth-order valence-corrected chi connectivity index (χ4v) is 2.64. The summed E-state index contributed by atoms with van der Waals surface area (Å²) >= 11 is 6.05. The molecule has 0 radical (unpaired) electrons. The highest BCUT2D eigenvalue weighted by Crippen LogP contribution is 2.19. The Bertz CT molecular complexity index is 438. The molecule has 2 heterocycles. The lowest BCUT2D eigenvalue weighted by atomic mass is 10.1.